The molecular weight excluding hydrogens is 533 g/mol. The van der Waals surface area contributed by atoms with Crippen LogP contribution >= 0.6 is 46.8 Å². The van der Waals surface area contributed by atoms with Gasteiger partial charge in [0.05, 0.1) is 10.6 Å². The number of rotatable bonds is 4. The molecule has 186 valence electrons. The first-order valence-electron chi connectivity index (χ1n) is 11.4. The second-order valence-corrected chi connectivity index (χ2v) is 12.1. The van der Waals surface area contributed by atoms with Gasteiger partial charge < -0.3 is 9.73 Å². The highest BCUT2D eigenvalue weighted by Gasteiger charge is 2.32. The number of hydrogen-bond donors (Lipinski definition) is 2. The van der Waals surface area contributed by atoms with E-state index in [4.69, 9.17) is 39.8 Å². The lowest BCUT2D eigenvalue weighted by Crippen LogP contribution is -2.32. The number of carbonyl (C=O) groups is 1. The smallest absolute Gasteiger partial charge is 0.250 e. The Balaban J connectivity index is 1.38. The Morgan fingerprint density at radius 2 is 2.06 bits per heavy atom. The first-order chi connectivity index (χ1) is 17.0. The molecule has 1 amide bonds. The van der Waals surface area contributed by atoms with Crippen molar-refractivity contribution in [3.63, 3.8) is 0 Å². The van der Waals surface area contributed by atoms with Gasteiger partial charge in [-0.1, -0.05) is 44.0 Å². The number of halogens is 2. The molecule has 0 bridgehead atoms. The number of thiocarbonyl (C=S) groups is 1. The van der Waals surface area contributed by atoms with Crippen molar-refractivity contribution in [2.24, 2.45) is 11.3 Å². The van der Waals surface area contributed by atoms with Crippen LogP contribution in [0, 0.1) is 22.7 Å². The minimum absolute atomic E-state index is 0.139. The Labute approximate surface area is 230 Å². The summed E-state index contributed by atoms with van der Waals surface area (Å²) in [6, 6.07) is 11.0. The lowest BCUT2D eigenvalue weighted by atomic mass is 9.72. The summed E-state index contributed by atoms with van der Waals surface area (Å²) in [7, 11) is 0. The molecule has 0 radical (unpaired) electrons. The van der Waals surface area contributed by atoms with Crippen molar-refractivity contribution in [3.8, 4) is 17.4 Å². The Morgan fingerprint density at radius 3 is 2.75 bits per heavy atom. The molecule has 2 N–H and O–H groups in total. The zero-order valence-corrected chi connectivity index (χ0v) is 23.2. The van der Waals surface area contributed by atoms with Gasteiger partial charge in [-0.2, -0.15) is 5.26 Å². The number of thiophene rings is 1. The summed E-state index contributed by atoms with van der Waals surface area (Å²) in [6.07, 6.45) is 5.77. The number of furan rings is 1. The van der Waals surface area contributed by atoms with Crippen LogP contribution in [0.5, 0.6) is 0 Å². The number of nitrogens with zero attached hydrogens (tertiary/aromatic N) is 1. The van der Waals surface area contributed by atoms with E-state index in [1.54, 1.807) is 47.7 Å². The number of nitriles is 1. The van der Waals surface area contributed by atoms with E-state index in [2.05, 4.69) is 37.5 Å². The summed E-state index contributed by atoms with van der Waals surface area (Å²) in [5, 5.41) is 17.3. The number of carbonyl (C=O) groups excluding carboxylic acids is 1. The Bertz CT molecular complexity index is 1390. The third-order valence-electron chi connectivity index (χ3n) is 6.29. The highest BCUT2D eigenvalue weighted by molar-refractivity contribution is 7.80. The first-order valence-corrected chi connectivity index (χ1v) is 13.4. The molecular formula is C27H25Cl2N3O2S2. The van der Waals surface area contributed by atoms with Crippen molar-refractivity contribution in [2.75, 3.05) is 5.32 Å². The quantitative estimate of drug-likeness (QED) is 0.252. The van der Waals surface area contributed by atoms with Crippen LogP contribution in [0.25, 0.3) is 17.4 Å². The average molecular weight is 559 g/mol. The van der Waals surface area contributed by atoms with Crippen molar-refractivity contribution in [1.29, 1.82) is 5.26 Å². The average Bonchev–Trinajstić information content (AvgIpc) is 3.40. The molecule has 4 rings (SSSR count). The topological polar surface area (TPSA) is 78.1 Å². The molecule has 9 heteroatoms. The van der Waals surface area contributed by atoms with Crippen LogP contribution < -0.4 is 10.6 Å². The monoisotopic (exact) mass is 557 g/mol. The van der Waals surface area contributed by atoms with E-state index in [0.717, 1.165) is 24.8 Å². The molecule has 1 aliphatic rings. The number of nitrogens with one attached hydrogen (secondary N) is 2. The Kier molecular flexibility index (Phi) is 7.91. The fourth-order valence-corrected chi connectivity index (χ4v) is 6.30. The van der Waals surface area contributed by atoms with E-state index in [0.29, 0.717) is 43.6 Å². The maximum Gasteiger partial charge on any atom is 0.250 e. The van der Waals surface area contributed by atoms with Gasteiger partial charge in [0.2, 0.25) is 5.91 Å². The van der Waals surface area contributed by atoms with Crippen molar-refractivity contribution in [1.82, 2.24) is 5.32 Å². The van der Waals surface area contributed by atoms with Gasteiger partial charge in [-0.25, -0.2) is 0 Å². The zero-order chi connectivity index (χ0) is 26.0. The fourth-order valence-electron chi connectivity index (χ4n) is 4.25. The van der Waals surface area contributed by atoms with E-state index in [9.17, 15) is 10.1 Å². The van der Waals surface area contributed by atoms with Crippen molar-refractivity contribution >= 4 is 68.9 Å². The highest BCUT2D eigenvalue weighted by Crippen LogP contribution is 2.44. The van der Waals surface area contributed by atoms with Gasteiger partial charge in [-0.05, 0) is 84.8 Å². The number of benzene rings is 1. The fraction of sp³-hybridized carbons (Fsp3) is 0.296. The Hall–Kier alpha value is -2.63. The van der Waals surface area contributed by atoms with Crippen molar-refractivity contribution < 1.29 is 9.21 Å². The van der Waals surface area contributed by atoms with E-state index in [1.165, 1.54) is 11.0 Å². The van der Waals surface area contributed by atoms with E-state index >= 15 is 0 Å². The van der Waals surface area contributed by atoms with E-state index < -0.39 is 5.91 Å². The van der Waals surface area contributed by atoms with Crippen molar-refractivity contribution in [2.45, 2.75) is 40.0 Å². The lowest BCUT2D eigenvalue weighted by Gasteiger charge is -2.33. The summed E-state index contributed by atoms with van der Waals surface area (Å²) in [4.78, 5) is 13.6. The van der Waals surface area contributed by atoms with Gasteiger partial charge in [0, 0.05) is 21.5 Å². The molecule has 0 saturated carbocycles. The van der Waals surface area contributed by atoms with Crippen molar-refractivity contribution in [3.05, 3.63) is 68.2 Å². The second kappa shape index (κ2) is 10.8. The molecule has 2 heterocycles. The predicted octanol–water partition coefficient (Wildman–Crippen LogP) is 7.86. The van der Waals surface area contributed by atoms with Crippen LogP contribution in [0.4, 0.5) is 5.00 Å². The highest BCUT2D eigenvalue weighted by atomic mass is 35.5. The third kappa shape index (κ3) is 6.01. The van der Waals surface area contributed by atoms with Crippen LogP contribution in [0.3, 0.4) is 0 Å². The van der Waals surface area contributed by atoms with E-state index in [1.807, 2.05) is 0 Å². The normalized spacial score (nSPS) is 15.4. The summed E-state index contributed by atoms with van der Waals surface area (Å²) >= 11 is 19.1. The van der Waals surface area contributed by atoms with Crippen LogP contribution in [0.1, 0.15) is 49.0 Å². The van der Waals surface area contributed by atoms with Gasteiger partial charge in [-0.15, -0.1) is 11.3 Å². The maximum absolute atomic E-state index is 12.4. The molecule has 2 aromatic heterocycles. The summed E-state index contributed by atoms with van der Waals surface area (Å²) in [6.45, 7) is 6.78. The summed E-state index contributed by atoms with van der Waals surface area (Å²) < 4.78 is 5.77. The molecule has 0 spiro atoms. The molecule has 0 aliphatic heterocycles. The van der Waals surface area contributed by atoms with Gasteiger partial charge in [0.1, 0.15) is 22.6 Å². The number of hydrogen-bond acceptors (Lipinski definition) is 5. The van der Waals surface area contributed by atoms with Gasteiger partial charge >= 0.3 is 0 Å². The molecule has 1 aliphatic carbocycles. The maximum atomic E-state index is 12.4. The van der Waals surface area contributed by atoms with Gasteiger partial charge in [-0.3, -0.25) is 10.1 Å². The largest absolute Gasteiger partial charge is 0.457 e. The van der Waals surface area contributed by atoms with Crippen LogP contribution in [-0.4, -0.2) is 11.0 Å². The first kappa shape index (κ1) is 26.4. The molecule has 36 heavy (non-hydrogen) atoms. The number of amides is 1. The minimum atomic E-state index is -0.414. The molecule has 1 aromatic carbocycles. The second-order valence-electron chi connectivity index (χ2n) is 9.73. The molecule has 0 fully saturated rings. The molecule has 0 saturated heterocycles. The van der Waals surface area contributed by atoms with Crippen LogP contribution in [0.15, 0.2) is 40.8 Å². The minimum Gasteiger partial charge on any atom is -0.457 e. The van der Waals surface area contributed by atoms with Gasteiger partial charge in [0.25, 0.3) is 0 Å². The SMILES string of the molecule is CC(C)(C)[C@@H]1CCc2c(sc(NC(=S)NC(=O)/C=C/c3ccc(-c4ccc(Cl)cc4Cl)o3)c2C#N)C1. The van der Waals surface area contributed by atoms with E-state index in [-0.39, 0.29) is 10.5 Å². The van der Waals surface area contributed by atoms with Crippen LogP contribution in [0.2, 0.25) is 10.0 Å². The predicted molar refractivity (Wildman–Crippen MR) is 152 cm³/mol. The Morgan fingerprint density at radius 1 is 1.28 bits per heavy atom. The number of fused-ring (bicyclic) bond motifs is 1. The molecule has 0 unspecified atom stereocenters. The van der Waals surface area contributed by atoms with Gasteiger partial charge in [0.15, 0.2) is 5.11 Å². The third-order valence-corrected chi connectivity index (χ3v) is 8.21. The molecule has 1 atom stereocenters. The standard InChI is InChI=1S/C27H25Cl2N3O2S2/c1-27(2,3)15-4-8-18-20(14-30)25(36-23(18)12-15)32-26(35)31-24(33)11-7-17-6-10-22(34-17)19-9-5-16(28)13-21(19)29/h5-7,9-11,13,15H,4,8,12H2,1-3H3,(H2,31,32,33,35)/b11-7+/t15-/m1/s1. The number of anilines is 1. The summed E-state index contributed by atoms with van der Waals surface area (Å²) in [5.41, 5.74) is 2.65. The lowest BCUT2D eigenvalue weighted by molar-refractivity contribution is -0.115. The van der Waals surface area contributed by atoms with Crippen LogP contribution in [-0.2, 0) is 17.6 Å². The molecule has 3 aromatic rings. The zero-order valence-electron chi connectivity index (χ0n) is 20.1. The summed E-state index contributed by atoms with van der Waals surface area (Å²) in [5.74, 6) is 1.20. The molecule has 5 nitrogen and oxygen atoms in total.